The van der Waals surface area contributed by atoms with E-state index in [9.17, 15) is 4.79 Å². The summed E-state index contributed by atoms with van der Waals surface area (Å²) in [6, 6.07) is 1.91. The monoisotopic (exact) mass is 222 g/mol. The van der Waals surface area contributed by atoms with Crippen molar-refractivity contribution in [2.45, 2.75) is 20.0 Å². The van der Waals surface area contributed by atoms with E-state index in [0.29, 0.717) is 0 Å². The van der Waals surface area contributed by atoms with Crippen LogP contribution >= 0.6 is 11.3 Å². The molecule has 2 aromatic rings. The molecule has 0 saturated heterocycles. The molecule has 0 bridgehead atoms. The zero-order chi connectivity index (χ0) is 10.8. The van der Waals surface area contributed by atoms with Crippen LogP contribution in [0.2, 0.25) is 0 Å². The zero-order valence-electron chi connectivity index (χ0n) is 8.43. The summed E-state index contributed by atoms with van der Waals surface area (Å²) in [5.41, 5.74) is 0. The van der Waals surface area contributed by atoms with Gasteiger partial charge in [-0.3, -0.25) is 0 Å². The number of hydrogen-bond donors (Lipinski definition) is 0. The van der Waals surface area contributed by atoms with E-state index in [1.807, 2.05) is 11.4 Å². The summed E-state index contributed by atoms with van der Waals surface area (Å²) >= 11 is 1.48. The molecule has 0 atom stereocenters. The molecule has 0 unspecified atom stereocenters. The van der Waals surface area contributed by atoms with E-state index in [-0.39, 0.29) is 11.9 Å². The molecule has 4 nitrogen and oxygen atoms in total. The molecule has 15 heavy (non-hydrogen) atoms. The zero-order valence-corrected chi connectivity index (χ0v) is 9.25. The van der Waals surface area contributed by atoms with Gasteiger partial charge >= 0.3 is 5.97 Å². The summed E-state index contributed by atoms with van der Waals surface area (Å²) in [6.07, 6.45) is 1.48. The first kappa shape index (κ1) is 10.0. The van der Waals surface area contributed by atoms with Crippen molar-refractivity contribution in [1.29, 1.82) is 0 Å². The number of thiophene rings is 1. The molecule has 2 aromatic heterocycles. The van der Waals surface area contributed by atoms with E-state index < -0.39 is 5.97 Å². The molecule has 0 aliphatic rings. The number of nitrogens with zero attached hydrogens (tertiary/aromatic N) is 2. The predicted molar refractivity (Wildman–Crippen MR) is 58.0 cm³/mol. The lowest BCUT2D eigenvalue weighted by molar-refractivity contribution is 0.0364. The van der Waals surface area contributed by atoms with Crippen LogP contribution in [0.3, 0.4) is 0 Å². The second kappa shape index (κ2) is 3.94. The van der Waals surface area contributed by atoms with Crippen molar-refractivity contribution in [3.63, 3.8) is 0 Å². The van der Waals surface area contributed by atoms with E-state index in [1.165, 1.54) is 11.3 Å². The molecule has 0 aliphatic heterocycles. The van der Waals surface area contributed by atoms with Gasteiger partial charge < -0.3 is 4.74 Å². The van der Waals surface area contributed by atoms with Crippen molar-refractivity contribution in [3.8, 4) is 0 Å². The van der Waals surface area contributed by atoms with Crippen LogP contribution in [-0.4, -0.2) is 22.0 Å². The summed E-state index contributed by atoms with van der Waals surface area (Å²) in [6.45, 7) is 3.59. The first-order valence-electron chi connectivity index (χ1n) is 4.58. The molecule has 0 amide bonds. The Hall–Kier alpha value is -1.49. The van der Waals surface area contributed by atoms with Crippen molar-refractivity contribution in [2.75, 3.05) is 0 Å². The highest BCUT2D eigenvalue weighted by molar-refractivity contribution is 7.16. The Morgan fingerprint density at radius 3 is 3.07 bits per heavy atom. The predicted octanol–water partition coefficient (Wildman–Crippen LogP) is 2.26. The fourth-order valence-electron chi connectivity index (χ4n) is 1.12. The number of carbonyl (C=O) groups is 1. The first-order valence-corrected chi connectivity index (χ1v) is 5.46. The normalized spacial score (nSPS) is 10.9. The van der Waals surface area contributed by atoms with Gasteiger partial charge in [0.1, 0.15) is 4.83 Å². The Morgan fingerprint density at radius 1 is 1.53 bits per heavy atom. The van der Waals surface area contributed by atoms with Gasteiger partial charge in [0, 0.05) is 11.6 Å². The molecular formula is C10H10N2O2S. The minimum atomic E-state index is -0.472. The maximum absolute atomic E-state index is 11.5. The van der Waals surface area contributed by atoms with Gasteiger partial charge in [-0.15, -0.1) is 11.3 Å². The third kappa shape index (κ3) is 2.12. The molecule has 78 valence electrons. The lowest BCUT2D eigenvalue weighted by Crippen LogP contribution is -2.14. The van der Waals surface area contributed by atoms with Gasteiger partial charge in [0.05, 0.1) is 6.10 Å². The lowest BCUT2D eigenvalue weighted by atomic mass is 10.4. The van der Waals surface area contributed by atoms with Crippen LogP contribution in [-0.2, 0) is 4.74 Å². The van der Waals surface area contributed by atoms with Gasteiger partial charge in [-0.25, -0.2) is 14.8 Å². The number of hydrogen-bond acceptors (Lipinski definition) is 5. The van der Waals surface area contributed by atoms with Crippen LogP contribution in [0, 0.1) is 0 Å². The highest BCUT2D eigenvalue weighted by Crippen LogP contribution is 2.17. The maximum atomic E-state index is 11.5. The summed E-state index contributed by atoms with van der Waals surface area (Å²) in [5.74, 6) is -0.348. The third-order valence-corrected chi connectivity index (χ3v) is 2.56. The molecule has 0 fully saturated rings. The van der Waals surface area contributed by atoms with E-state index in [0.717, 1.165) is 10.2 Å². The van der Waals surface area contributed by atoms with Gasteiger partial charge in [0.15, 0.2) is 0 Å². The second-order valence-electron chi connectivity index (χ2n) is 3.33. The second-order valence-corrected chi connectivity index (χ2v) is 4.22. The Labute approximate surface area is 90.9 Å². The standard InChI is InChI=1S/C10H10N2O2S/c1-6(2)14-10(13)8-11-5-7-3-4-15-9(7)12-8/h3-6H,1-2H3. The lowest BCUT2D eigenvalue weighted by Gasteiger charge is -2.05. The van der Waals surface area contributed by atoms with Gasteiger partial charge in [-0.1, -0.05) is 0 Å². The van der Waals surface area contributed by atoms with E-state index in [2.05, 4.69) is 9.97 Å². The number of rotatable bonds is 2. The SMILES string of the molecule is CC(C)OC(=O)c1ncc2ccsc2n1. The molecule has 0 aliphatic carbocycles. The average molecular weight is 222 g/mol. The molecule has 0 radical (unpaired) electrons. The number of aromatic nitrogens is 2. The van der Waals surface area contributed by atoms with Crippen LogP contribution < -0.4 is 0 Å². The molecule has 0 saturated carbocycles. The Balaban J connectivity index is 2.31. The largest absolute Gasteiger partial charge is 0.457 e. The minimum Gasteiger partial charge on any atom is -0.457 e. The average Bonchev–Trinajstić information content (AvgIpc) is 2.62. The van der Waals surface area contributed by atoms with Crippen LogP contribution in [0.4, 0.5) is 0 Å². The van der Waals surface area contributed by atoms with Crippen LogP contribution in [0.1, 0.15) is 24.5 Å². The quantitative estimate of drug-likeness (QED) is 0.731. The number of carbonyl (C=O) groups excluding carboxylic acids is 1. The van der Waals surface area contributed by atoms with Gasteiger partial charge in [-0.05, 0) is 25.3 Å². The molecule has 2 heterocycles. The van der Waals surface area contributed by atoms with E-state index in [1.54, 1.807) is 20.0 Å². The van der Waals surface area contributed by atoms with E-state index in [4.69, 9.17) is 4.74 Å². The van der Waals surface area contributed by atoms with Crippen LogP contribution in [0.5, 0.6) is 0 Å². The third-order valence-electron chi connectivity index (χ3n) is 1.73. The topological polar surface area (TPSA) is 52.1 Å². The molecule has 0 aromatic carbocycles. The van der Waals surface area contributed by atoms with Gasteiger partial charge in [-0.2, -0.15) is 0 Å². The number of ether oxygens (including phenoxy) is 1. The highest BCUT2D eigenvalue weighted by atomic mass is 32.1. The van der Waals surface area contributed by atoms with Crippen molar-refractivity contribution in [2.24, 2.45) is 0 Å². The van der Waals surface area contributed by atoms with Crippen LogP contribution in [0.25, 0.3) is 10.2 Å². The van der Waals surface area contributed by atoms with Gasteiger partial charge in [0.2, 0.25) is 5.82 Å². The van der Waals surface area contributed by atoms with Crippen LogP contribution in [0.15, 0.2) is 17.6 Å². The van der Waals surface area contributed by atoms with E-state index >= 15 is 0 Å². The Morgan fingerprint density at radius 2 is 2.33 bits per heavy atom. The van der Waals surface area contributed by atoms with Crippen molar-refractivity contribution >= 4 is 27.5 Å². The molecule has 2 rings (SSSR count). The maximum Gasteiger partial charge on any atom is 0.376 e. The van der Waals surface area contributed by atoms with Crippen molar-refractivity contribution in [1.82, 2.24) is 9.97 Å². The molecule has 5 heteroatoms. The molecular weight excluding hydrogens is 212 g/mol. The highest BCUT2D eigenvalue weighted by Gasteiger charge is 2.13. The van der Waals surface area contributed by atoms with Gasteiger partial charge in [0.25, 0.3) is 0 Å². The summed E-state index contributed by atoms with van der Waals surface area (Å²) in [4.78, 5) is 20.4. The summed E-state index contributed by atoms with van der Waals surface area (Å²) < 4.78 is 5.00. The summed E-state index contributed by atoms with van der Waals surface area (Å²) in [5, 5.41) is 2.86. The Bertz CT molecular complexity index is 493. The van der Waals surface area contributed by atoms with Crippen molar-refractivity contribution < 1.29 is 9.53 Å². The fourth-order valence-corrected chi connectivity index (χ4v) is 1.86. The number of fused-ring (bicyclic) bond motifs is 1. The summed E-state index contributed by atoms with van der Waals surface area (Å²) in [7, 11) is 0. The first-order chi connectivity index (χ1) is 7.16. The number of esters is 1. The van der Waals surface area contributed by atoms with Crippen molar-refractivity contribution in [3.05, 3.63) is 23.5 Å². The molecule has 0 spiro atoms. The fraction of sp³-hybridized carbons (Fsp3) is 0.300. The molecule has 0 N–H and O–H groups in total. The Kier molecular flexibility index (Phi) is 2.64. The minimum absolute atomic E-state index is 0.124. The smallest absolute Gasteiger partial charge is 0.376 e.